The van der Waals surface area contributed by atoms with Crippen molar-refractivity contribution in [2.24, 2.45) is 5.73 Å². The van der Waals surface area contributed by atoms with Gasteiger partial charge in [-0.3, -0.25) is 4.79 Å². The van der Waals surface area contributed by atoms with Crippen molar-refractivity contribution in [1.82, 2.24) is 29.5 Å². The third-order valence-electron chi connectivity index (χ3n) is 7.98. The summed E-state index contributed by atoms with van der Waals surface area (Å²) in [6.45, 7) is -4.81. The Bertz CT molecular complexity index is 1860. The predicted octanol–water partition coefficient (Wildman–Crippen LogP) is 3.43. The number of ether oxygens (including phenoxy) is 1. The Morgan fingerprint density at radius 3 is 2.59 bits per heavy atom. The number of hydrogen-bond donors (Lipinski definition) is 2. The minimum Gasteiger partial charge on any atom is -0.431 e. The molecule has 0 spiro atoms. The van der Waals surface area contributed by atoms with Crippen molar-refractivity contribution in [3.05, 3.63) is 70.6 Å². The van der Waals surface area contributed by atoms with E-state index in [0.29, 0.717) is 4.90 Å². The van der Waals surface area contributed by atoms with E-state index in [1.54, 1.807) is 6.92 Å². The number of benzene rings is 1. The fraction of sp³-hybridized carbons (Fsp3) is 0.370. The van der Waals surface area contributed by atoms with E-state index < -0.39 is 60.0 Å². The molecular formula is C27H23F4N7O3. The summed E-state index contributed by atoms with van der Waals surface area (Å²) in [6.07, 6.45) is 3.95. The van der Waals surface area contributed by atoms with E-state index in [4.69, 9.17) is 9.85 Å². The number of hydrogen-bond acceptors (Lipinski definition) is 8. The smallest absolute Gasteiger partial charge is 0.387 e. The van der Waals surface area contributed by atoms with Crippen LogP contribution in [0.15, 0.2) is 30.7 Å². The fourth-order valence-electron chi connectivity index (χ4n) is 6.47. The van der Waals surface area contributed by atoms with Crippen LogP contribution in [-0.4, -0.2) is 59.7 Å². The van der Waals surface area contributed by atoms with Gasteiger partial charge in [-0.2, -0.15) is 13.9 Å². The Hall–Kier alpha value is -4.17. The van der Waals surface area contributed by atoms with Gasteiger partial charge >= 0.3 is 6.61 Å². The van der Waals surface area contributed by atoms with Gasteiger partial charge in [0.05, 0.1) is 29.1 Å². The summed E-state index contributed by atoms with van der Waals surface area (Å²) in [5.74, 6) is -4.77. The second kappa shape index (κ2) is 8.42. The molecule has 212 valence electrons. The van der Waals surface area contributed by atoms with Gasteiger partial charge in [0.15, 0.2) is 23.0 Å². The lowest BCUT2D eigenvalue weighted by atomic mass is 9.66. The van der Waals surface area contributed by atoms with Gasteiger partial charge in [-0.05, 0) is 25.5 Å². The number of carbonyl (C=O) groups is 1. The Labute approximate surface area is 234 Å². The van der Waals surface area contributed by atoms with E-state index in [1.165, 1.54) is 12.4 Å². The lowest BCUT2D eigenvalue weighted by Gasteiger charge is -2.48. The van der Waals surface area contributed by atoms with Crippen LogP contribution in [0.2, 0.25) is 0 Å². The highest BCUT2D eigenvalue weighted by atomic mass is 19.3. The topological polar surface area (TPSA) is 132 Å². The Morgan fingerprint density at radius 2 is 1.93 bits per heavy atom. The number of fused-ring (bicyclic) bond motifs is 9. The number of nitrogens with zero attached hydrogens (tertiary/aromatic N) is 6. The van der Waals surface area contributed by atoms with Crippen molar-refractivity contribution in [3.8, 4) is 17.0 Å². The molecule has 1 saturated carbocycles. The molecule has 1 fully saturated rings. The first-order chi connectivity index (χ1) is 20.6. The third kappa shape index (κ3) is 3.73. The maximum absolute atomic E-state index is 15.4. The van der Waals surface area contributed by atoms with Crippen molar-refractivity contribution >= 4 is 11.6 Å². The fourth-order valence-corrected chi connectivity index (χ4v) is 6.47. The zero-order chi connectivity index (χ0) is 31.5. The van der Waals surface area contributed by atoms with Crippen molar-refractivity contribution in [3.63, 3.8) is 0 Å². The van der Waals surface area contributed by atoms with Crippen molar-refractivity contribution in [2.45, 2.75) is 55.9 Å². The Morgan fingerprint density at radius 1 is 1.20 bits per heavy atom. The van der Waals surface area contributed by atoms with E-state index in [9.17, 15) is 23.1 Å². The lowest BCUT2D eigenvalue weighted by Crippen LogP contribution is -2.59. The number of aliphatic hydroxyl groups is 1. The molecule has 1 aliphatic heterocycles. The van der Waals surface area contributed by atoms with Gasteiger partial charge in [-0.25, -0.2) is 28.2 Å². The molecule has 7 rings (SSSR count). The molecule has 41 heavy (non-hydrogen) atoms. The highest BCUT2D eigenvalue weighted by Crippen LogP contribution is 2.54. The first-order valence-electron chi connectivity index (χ1n) is 14.1. The number of nitrogens with two attached hydrogens (primary N) is 1. The first kappa shape index (κ1) is 22.5. The Kier molecular flexibility index (Phi) is 4.63. The van der Waals surface area contributed by atoms with Gasteiger partial charge < -0.3 is 20.5 Å². The number of rotatable bonds is 4. The average molecular weight is 573 g/mol. The van der Waals surface area contributed by atoms with E-state index >= 15 is 4.39 Å². The molecule has 2 bridgehead atoms. The van der Waals surface area contributed by atoms with Gasteiger partial charge in [-0.1, -0.05) is 0 Å². The standard InChI is InChI=1S/C27H23F4N7O3/c1-26(40)9-27(32,10-26)24-33-6-11(7-34-24)19-15(29)8-38-22(35-19)18-13-5-16(20(18)36-38)37(2)23(39)12-3-4-14(28)21(17(12)13)41-25(30)31/h3-4,6-8,13,16,25,40H,5,9-10,32H2,1-2H3/t13-,16-,26?,27?/m1/s1/i2D3. The minimum absolute atomic E-state index is 0.0244. The van der Waals surface area contributed by atoms with Gasteiger partial charge in [-0.15, -0.1) is 0 Å². The molecule has 4 aromatic rings. The molecule has 1 amide bonds. The zero-order valence-corrected chi connectivity index (χ0v) is 21.3. The van der Waals surface area contributed by atoms with Gasteiger partial charge in [0.25, 0.3) is 5.91 Å². The summed E-state index contributed by atoms with van der Waals surface area (Å²) < 4.78 is 87.1. The number of alkyl halides is 2. The molecule has 0 radical (unpaired) electrons. The van der Waals surface area contributed by atoms with Crippen LogP contribution in [-0.2, 0) is 5.54 Å². The molecule has 14 heteroatoms. The molecule has 2 atom stereocenters. The summed E-state index contributed by atoms with van der Waals surface area (Å²) in [4.78, 5) is 27.2. The van der Waals surface area contributed by atoms with Gasteiger partial charge in [0.1, 0.15) is 11.5 Å². The van der Waals surface area contributed by atoms with Crippen LogP contribution >= 0.6 is 0 Å². The molecule has 0 unspecified atom stereocenters. The van der Waals surface area contributed by atoms with Gasteiger partial charge in [0, 0.05) is 64.5 Å². The van der Waals surface area contributed by atoms with Crippen LogP contribution in [0.5, 0.6) is 5.75 Å². The van der Waals surface area contributed by atoms with Crippen molar-refractivity contribution in [2.75, 3.05) is 6.98 Å². The predicted molar refractivity (Wildman–Crippen MR) is 134 cm³/mol. The molecule has 2 aliphatic carbocycles. The monoisotopic (exact) mass is 572 g/mol. The lowest BCUT2D eigenvalue weighted by molar-refractivity contribution is -0.0769. The number of amides is 1. The quantitative estimate of drug-likeness (QED) is 0.356. The molecule has 3 aromatic heterocycles. The Balaban J connectivity index is 1.40. The van der Waals surface area contributed by atoms with Crippen LogP contribution in [0, 0.1) is 11.6 Å². The molecule has 0 saturated heterocycles. The van der Waals surface area contributed by atoms with Crippen LogP contribution in [0.25, 0.3) is 16.9 Å². The minimum atomic E-state index is -3.45. The van der Waals surface area contributed by atoms with E-state index in [2.05, 4.69) is 24.8 Å². The highest BCUT2D eigenvalue weighted by Gasteiger charge is 2.51. The molecule has 3 N–H and O–H groups in total. The third-order valence-corrected chi connectivity index (χ3v) is 7.98. The maximum atomic E-state index is 15.4. The first-order valence-corrected chi connectivity index (χ1v) is 12.6. The van der Waals surface area contributed by atoms with Crippen molar-refractivity contribution < 1.29 is 36.3 Å². The van der Waals surface area contributed by atoms with Crippen LogP contribution in [0.1, 0.15) is 75.3 Å². The average Bonchev–Trinajstić information content (AvgIpc) is 3.39. The van der Waals surface area contributed by atoms with E-state index in [1.807, 2.05) is 0 Å². The molecular weight excluding hydrogens is 546 g/mol. The highest BCUT2D eigenvalue weighted by molar-refractivity contribution is 5.98. The normalized spacial score (nSPS) is 28.0. The van der Waals surface area contributed by atoms with Crippen LogP contribution in [0.4, 0.5) is 17.6 Å². The summed E-state index contributed by atoms with van der Waals surface area (Å²) in [6, 6.07) is 0.591. The summed E-state index contributed by atoms with van der Waals surface area (Å²) in [5, 5.41) is 14.5. The number of carbonyl (C=O) groups excluding carboxylic acids is 1. The second-order valence-electron chi connectivity index (χ2n) is 11.0. The van der Waals surface area contributed by atoms with Gasteiger partial charge in [0.2, 0.25) is 0 Å². The van der Waals surface area contributed by atoms with Crippen LogP contribution in [0.3, 0.4) is 0 Å². The number of aromatic nitrogens is 5. The van der Waals surface area contributed by atoms with Crippen LogP contribution < -0.4 is 10.5 Å². The number of halogens is 4. The summed E-state index contributed by atoms with van der Waals surface area (Å²) in [7, 11) is 0. The van der Waals surface area contributed by atoms with Crippen molar-refractivity contribution in [1.29, 1.82) is 0 Å². The zero-order valence-electron chi connectivity index (χ0n) is 24.3. The molecule has 4 heterocycles. The van der Waals surface area contributed by atoms with E-state index in [0.717, 1.165) is 22.8 Å². The molecule has 10 nitrogen and oxygen atoms in total. The summed E-state index contributed by atoms with van der Waals surface area (Å²) >= 11 is 0. The second-order valence-corrected chi connectivity index (χ2v) is 11.0. The summed E-state index contributed by atoms with van der Waals surface area (Å²) in [5.41, 5.74) is 4.05. The van der Waals surface area contributed by atoms with E-state index in [-0.39, 0.29) is 64.4 Å². The maximum Gasteiger partial charge on any atom is 0.387 e. The molecule has 3 aliphatic rings. The molecule has 1 aromatic carbocycles. The SMILES string of the molecule is [2H]C([2H])([2H])N1C(=O)c2ccc(F)c(OC(F)F)c2[C@H]2C[C@@H]1c1nn3cc(F)c(-c4cnc(C5(N)CC(C)(O)C5)nc4)nc3c12. The largest absolute Gasteiger partial charge is 0.431 e.